The first kappa shape index (κ1) is 12.0. The number of hydrogen-bond acceptors (Lipinski definition) is 3. The lowest BCUT2D eigenvalue weighted by Gasteiger charge is -2.28. The number of rotatable bonds is 6. The molecule has 1 unspecified atom stereocenters. The fourth-order valence-corrected chi connectivity index (χ4v) is 1.81. The molecule has 0 aliphatic carbocycles. The molecule has 0 aromatic heterocycles. The molecule has 3 nitrogen and oxygen atoms in total. The van der Waals surface area contributed by atoms with Gasteiger partial charge in [0.1, 0.15) is 0 Å². The van der Waals surface area contributed by atoms with Crippen LogP contribution in [0, 0.1) is 5.41 Å². The summed E-state index contributed by atoms with van der Waals surface area (Å²) < 4.78 is 10.6. The Morgan fingerprint density at radius 1 is 1.50 bits per heavy atom. The van der Waals surface area contributed by atoms with Crippen LogP contribution in [-0.4, -0.2) is 39.5 Å². The highest BCUT2D eigenvalue weighted by atomic mass is 16.5. The molecule has 0 spiro atoms. The van der Waals surface area contributed by atoms with Crippen molar-refractivity contribution in [1.82, 2.24) is 5.32 Å². The van der Waals surface area contributed by atoms with E-state index in [9.17, 15) is 0 Å². The Morgan fingerprint density at radius 2 is 2.29 bits per heavy atom. The van der Waals surface area contributed by atoms with Crippen LogP contribution in [0.2, 0.25) is 0 Å². The lowest BCUT2D eigenvalue weighted by atomic mass is 9.84. The Labute approximate surface area is 87.2 Å². The third kappa shape index (κ3) is 3.56. The highest BCUT2D eigenvalue weighted by Gasteiger charge is 2.34. The van der Waals surface area contributed by atoms with E-state index in [0.29, 0.717) is 11.5 Å². The molecule has 1 fully saturated rings. The summed E-state index contributed by atoms with van der Waals surface area (Å²) in [5.74, 6) is 0. The predicted octanol–water partition coefficient (Wildman–Crippen LogP) is 1.43. The van der Waals surface area contributed by atoms with Crippen LogP contribution in [0.3, 0.4) is 0 Å². The average Bonchev–Trinajstić information content (AvgIpc) is 2.61. The summed E-state index contributed by atoms with van der Waals surface area (Å²) in [5.41, 5.74) is 0.320. The second kappa shape index (κ2) is 5.69. The Balaban J connectivity index is 2.36. The number of ether oxygens (including phenoxy) is 2. The minimum absolute atomic E-state index is 0.320. The molecule has 0 saturated carbocycles. The average molecular weight is 201 g/mol. The van der Waals surface area contributed by atoms with Crippen molar-refractivity contribution in [2.75, 3.05) is 33.5 Å². The van der Waals surface area contributed by atoms with Crippen molar-refractivity contribution < 1.29 is 9.47 Å². The van der Waals surface area contributed by atoms with Crippen LogP contribution in [0.5, 0.6) is 0 Å². The second-order valence-electron chi connectivity index (χ2n) is 4.58. The van der Waals surface area contributed by atoms with E-state index in [4.69, 9.17) is 9.47 Å². The summed E-state index contributed by atoms with van der Waals surface area (Å²) in [5, 5.41) is 3.50. The molecule has 1 N–H and O–H groups in total. The van der Waals surface area contributed by atoms with Gasteiger partial charge in [0.2, 0.25) is 0 Å². The van der Waals surface area contributed by atoms with Gasteiger partial charge < -0.3 is 14.8 Å². The van der Waals surface area contributed by atoms with Crippen LogP contribution in [-0.2, 0) is 9.47 Å². The van der Waals surface area contributed by atoms with E-state index in [1.54, 1.807) is 7.11 Å². The molecule has 0 radical (unpaired) electrons. The van der Waals surface area contributed by atoms with E-state index in [1.807, 2.05) is 0 Å². The van der Waals surface area contributed by atoms with Gasteiger partial charge in [0, 0.05) is 38.3 Å². The second-order valence-corrected chi connectivity index (χ2v) is 4.58. The van der Waals surface area contributed by atoms with E-state index >= 15 is 0 Å². The van der Waals surface area contributed by atoms with Crippen molar-refractivity contribution in [3.8, 4) is 0 Å². The van der Waals surface area contributed by atoms with Gasteiger partial charge >= 0.3 is 0 Å². The predicted molar refractivity (Wildman–Crippen MR) is 57.5 cm³/mol. The molecule has 0 amide bonds. The normalized spacial score (nSPS) is 27.4. The van der Waals surface area contributed by atoms with Gasteiger partial charge in [0.05, 0.1) is 6.61 Å². The number of nitrogens with one attached hydrogen (secondary N) is 1. The van der Waals surface area contributed by atoms with Crippen molar-refractivity contribution in [2.45, 2.75) is 32.7 Å². The van der Waals surface area contributed by atoms with Gasteiger partial charge in [-0.25, -0.2) is 0 Å². The first-order chi connectivity index (χ1) is 6.68. The monoisotopic (exact) mass is 201 g/mol. The summed E-state index contributed by atoms with van der Waals surface area (Å²) in [6, 6.07) is 0.551. The highest BCUT2D eigenvalue weighted by Crippen LogP contribution is 2.31. The van der Waals surface area contributed by atoms with Gasteiger partial charge in [0.15, 0.2) is 0 Å². The van der Waals surface area contributed by atoms with E-state index < -0.39 is 0 Å². The maximum absolute atomic E-state index is 5.49. The van der Waals surface area contributed by atoms with Gasteiger partial charge in [-0.3, -0.25) is 0 Å². The Kier molecular flexibility index (Phi) is 4.85. The molecule has 0 aromatic rings. The fourth-order valence-electron chi connectivity index (χ4n) is 1.81. The molecule has 1 rings (SSSR count). The maximum Gasteiger partial charge on any atom is 0.0536 e. The van der Waals surface area contributed by atoms with Gasteiger partial charge in [0.25, 0.3) is 0 Å². The molecule has 14 heavy (non-hydrogen) atoms. The summed E-state index contributed by atoms with van der Waals surface area (Å²) in [6.45, 7) is 8.04. The summed E-state index contributed by atoms with van der Waals surface area (Å²) in [4.78, 5) is 0. The molecular weight excluding hydrogens is 178 g/mol. The van der Waals surface area contributed by atoms with E-state index in [1.165, 1.54) is 0 Å². The summed E-state index contributed by atoms with van der Waals surface area (Å²) >= 11 is 0. The molecule has 0 bridgehead atoms. The topological polar surface area (TPSA) is 30.5 Å². The smallest absolute Gasteiger partial charge is 0.0536 e. The highest BCUT2D eigenvalue weighted by molar-refractivity contribution is 4.85. The number of methoxy groups -OCH3 is 1. The van der Waals surface area contributed by atoms with Crippen LogP contribution >= 0.6 is 0 Å². The third-order valence-corrected chi connectivity index (χ3v) is 2.91. The van der Waals surface area contributed by atoms with Crippen LogP contribution in [0.4, 0.5) is 0 Å². The molecule has 84 valence electrons. The lowest BCUT2D eigenvalue weighted by Crippen LogP contribution is -2.38. The minimum atomic E-state index is 0.320. The molecule has 1 saturated heterocycles. The first-order valence-corrected chi connectivity index (χ1v) is 5.49. The quantitative estimate of drug-likeness (QED) is 0.705. The van der Waals surface area contributed by atoms with Crippen LogP contribution in [0.25, 0.3) is 0 Å². The van der Waals surface area contributed by atoms with Crippen molar-refractivity contribution in [2.24, 2.45) is 5.41 Å². The molecule has 0 aromatic carbocycles. The zero-order valence-corrected chi connectivity index (χ0v) is 9.64. The van der Waals surface area contributed by atoms with Crippen LogP contribution in [0.1, 0.15) is 26.7 Å². The maximum atomic E-state index is 5.49. The first-order valence-electron chi connectivity index (χ1n) is 5.49. The number of hydrogen-bond donors (Lipinski definition) is 1. The summed E-state index contributed by atoms with van der Waals surface area (Å²) in [6.07, 6.45) is 2.26. The van der Waals surface area contributed by atoms with Gasteiger partial charge in [-0.1, -0.05) is 13.8 Å². The van der Waals surface area contributed by atoms with E-state index in [0.717, 1.165) is 39.2 Å². The fraction of sp³-hybridized carbons (Fsp3) is 1.00. The molecular formula is C11H23NO2. The van der Waals surface area contributed by atoms with E-state index in [-0.39, 0.29) is 0 Å². The van der Waals surface area contributed by atoms with Gasteiger partial charge in [-0.2, -0.15) is 0 Å². The Morgan fingerprint density at radius 3 is 2.79 bits per heavy atom. The zero-order chi connectivity index (χ0) is 10.4. The van der Waals surface area contributed by atoms with Crippen molar-refractivity contribution in [1.29, 1.82) is 0 Å². The largest absolute Gasteiger partial charge is 0.385 e. The molecule has 3 heteroatoms. The van der Waals surface area contributed by atoms with Crippen LogP contribution in [0.15, 0.2) is 0 Å². The standard InChI is InChI=1S/C11H23NO2/c1-10(2)12-8-11(4-6-13-3)5-7-14-9-11/h10,12H,4-9H2,1-3H3. The van der Waals surface area contributed by atoms with Gasteiger partial charge in [-0.15, -0.1) is 0 Å². The van der Waals surface area contributed by atoms with Crippen molar-refractivity contribution in [3.63, 3.8) is 0 Å². The molecule has 1 heterocycles. The SMILES string of the molecule is COCCC1(CNC(C)C)CCOC1. The van der Waals surface area contributed by atoms with E-state index in [2.05, 4.69) is 19.2 Å². The summed E-state index contributed by atoms with van der Waals surface area (Å²) in [7, 11) is 1.76. The zero-order valence-electron chi connectivity index (χ0n) is 9.64. The van der Waals surface area contributed by atoms with Crippen molar-refractivity contribution >= 4 is 0 Å². The molecule has 1 aliphatic heterocycles. The third-order valence-electron chi connectivity index (χ3n) is 2.91. The molecule has 1 atom stereocenters. The Hall–Kier alpha value is -0.120. The van der Waals surface area contributed by atoms with Gasteiger partial charge in [-0.05, 0) is 12.8 Å². The van der Waals surface area contributed by atoms with Crippen LogP contribution < -0.4 is 5.32 Å². The Bertz CT molecular complexity index is 153. The molecule has 1 aliphatic rings. The van der Waals surface area contributed by atoms with Crippen molar-refractivity contribution in [3.05, 3.63) is 0 Å². The minimum Gasteiger partial charge on any atom is -0.385 e. The lowest BCUT2D eigenvalue weighted by molar-refractivity contribution is 0.105.